The van der Waals surface area contributed by atoms with Gasteiger partial charge >= 0.3 is 0 Å². The predicted molar refractivity (Wildman–Crippen MR) is 95.6 cm³/mol. The maximum atomic E-state index is 12.2. The minimum Gasteiger partial charge on any atom is -0.497 e. The number of hydrazine groups is 1. The van der Waals surface area contributed by atoms with E-state index in [1.807, 2.05) is 31.2 Å². The highest BCUT2D eigenvalue weighted by atomic mass is 16.5. The first-order valence-electron chi connectivity index (χ1n) is 7.97. The summed E-state index contributed by atoms with van der Waals surface area (Å²) in [6, 6.07) is 14.4. The Kier molecular flexibility index (Phi) is 4.70. The van der Waals surface area contributed by atoms with Crippen molar-refractivity contribution in [3.05, 3.63) is 65.4 Å². The number of benzene rings is 2. The van der Waals surface area contributed by atoms with Gasteiger partial charge in [0.15, 0.2) is 0 Å². The Hall–Kier alpha value is -3.28. The van der Waals surface area contributed by atoms with E-state index in [1.54, 1.807) is 31.4 Å². The van der Waals surface area contributed by atoms with Crippen LogP contribution < -0.4 is 15.6 Å². The van der Waals surface area contributed by atoms with E-state index in [0.29, 0.717) is 17.0 Å². The highest BCUT2D eigenvalue weighted by Gasteiger charge is 2.12. The first-order chi connectivity index (χ1) is 12.1. The van der Waals surface area contributed by atoms with Crippen LogP contribution in [-0.4, -0.2) is 23.9 Å². The lowest BCUT2D eigenvalue weighted by atomic mass is 10.1. The van der Waals surface area contributed by atoms with Crippen molar-refractivity contribution >= 4 is 22.7 Å². The Morgan fingerprint density at radius 3 is 2.40 bits per heavy atom. The molecule has 0 fully saturated rings. The number of carbonyl (C=O) groups is 2. The van der Waals surface area contributed by atoms with Crippen molar-refractivity contribution in [1.29, 1.82) is 0 Å². The summed E-state index contributed by atoms with van der Waals surface area (Å²) in [5.74, 6) is -0.0902. The molecule has 0 saturated heterocycles. The number of nitrogens with one attached hydrogen (secondary N) is 3. The Morgan fingerprint density at radius 2 is 1.72 bits per heavy atom. The second kappa shape index (κ2) is 7.09. The van der Waals surface area contributed by atoms with Gasteiger partial charge in [-0.3, -0.25) is 20.4 Å². The number of aryl methyl sites for hydroxylation is 1. The number of ether oxygens (including phenoxy) is 1. The number of hydrogen-bond acceptors (Lipinski definition) is 3. The molecule has 3 N–H and O–H groups in total. The van der Waals surface area contributed by atoms with Gasteiger partial charge in [-0.2, -0.15) is 0 Å². The molecule has 128 valence electrons. The molecular weight excluding hydrogens is 318 g/mol. The zero-order chi connectivity index (χ0) is 17.8. The Balaban J connectivity index is 1.66. The molecule has 0 aliphatic heterocycles. The second-order valence-electron chi connectivity index (χ2n) is 5.59. The summed E-state index contributed by atoms with van der Waals surface area (Å²) >= 11 is 0. The van der Waals surface area contributed by atoms with E-state index in [4.69, 9.17) is 4.74 Å². The van der Waals surface area contributed by atoms with Crippen LogP contribution in [0.1, 0.15) is 33.3 Å². The Morgan fingerprint density at radius 1 is 1.00 bits per heavy atom. The van der Waals surface area contributed by atoms with Gasteiger partial charge in [0.05, 0.1) is 7.11 Å². The summed E-state index contributed by atoms with van der Waals surface area (Å²) < 4.78 is 5.16. The standard InChI is InChI=1S/C19H19N3O3/c1-3-12-4-6-13(7-5-12)18(23)21-22-19(24)17-10-14-8-9-15(25-2)11-16(14)20-17/h4-11,20H,3H2,1-2H3,(H,21,23)(H,22,24). The molecular formula is C19H19N3O3. The summed E-state index contributed by atoms with van der Waals surface area (Å²) in [6.07, 6.45) is 0.907. The molecule has 3 rings (SSSR count). The SMILES string of the molecule is CCc1ccc(C(=O)NNC(=O)c2cc3ccc(OC)cc3[nH]2)cc1. The molecule has 0 aliphatic rings. The molecule has 0 atom stereocenters. The fraction of sp³-hybridized carbons (Fsp3) is 0.158. The van der Waals surface area contributed by atoms with Crippen LogP contribution >= 0.6 is 0 Å². The minimum absolute atomic E-state index is 0.352. The normalized spacial score (nSPS) is 10.5. The summed E-state index contributed by atoms with van der Waals surface area (Å²) in [5.41, 5.74) is 7.60. The van der Waals surface area contributed by atoms with Crippen molar-refractivity contribution in [3.8, 4) is 5.75 Å². The number of carbonyl (C=O) groups excluding carboxylic acids is 2. The summed E-state index contributed by atoms with van der Waals surface area (Å²) in [7, 11) is 1.58. The van der Waals surface area contributed by atoms with Crippen molar-refractivity contribution < 1.29 is 14.3 Å². The van der Waals surface area contributed by atoms with Gasteiger partial charge in [0.1, 0.15) is 11.4 Å². The van der Waals surface area contributed by atoms with Crippen LogP contribution in [0.15, 0.2) is 48.5 Å². The molecule has 25 heavy (non-hydrogen) atoms. The highest BCUT2D eigenvalue weighted by molar-refractivity contribution is 6.01. The maximum Gasteiger partial charge on any atom is 0.286 e. The number of methoxy groups -OCH3 is 1. The summed E-state index contributed by atoms with van der Waals surface area (Å²) in [4.78, 5) is 27.3. The van der Waals surface area contributed by atoms with Crippen molar-refractivity contribution in [1.82, 2.24) is 15.8 Å². The number of H-pyrrole nitrogens is 1. The van der Waals surface area contributed by atoms with E-state index in [1.165, 1.54) is 0 Å². The van der Waals surface area contributed by atoms with Crippen molar-refractivity contribution in [2.45, 2.75) is 13.3 Å². The van der Waals surface area contributed by atoms with E-state index in [0.717, 1.165) is 22.9 Å². The number of aromatic amines is 1. The molecule has 1 aromatic heterocycles. The molecule has 0 aliphatic carbocycles. The van der Waals surface area contributed by atoms with Gasteiger partial charge < -0.3 is 9.72 Å². The van der Waals surface area contributed by atoms with Crippen molar-refractivity contribution in [2.75, 3.05) is 7.11 Å². The molecule has 6 heteroatoms. The minimum atomic E-state index is -0.423. The van der Waals surface area contributed by atoms with Gasteiger partial charge in [0.25, 0.3) is 11.8 Å². The second-order valence-corrected chi connectivity index (χ2v) is 5.59. The molecule has 0 unspecified atom stereocenters. The lowest BCUT2D eigenvalue weighted by molar-refractivity contribution is 0.0844. The zero-order valence-electron chi connectivity index (χ0n) is 14.1. The third-order valence-electron chi connectivity index (χ3n) is 3.99. The van der Waals surface area contributed by atoms with Gasteiger partial charge in [-0.05, 0) is 42.3 Å². The Labute approximate surface area is 145 Å². The molecule has 3 aromatic rings. The van der Waals surface area contributed by atoms with Crippen LogP contribution in [0.4, 0.5) is 0 Å². The molecule has 0 radical (unpaired) electrons. The van der Waals surface area contributed by atoms with E-state index in [-0.39, 0.29) is 5.91 Å². The number of aromatic nitrogens is 1. The van der Waals surface area contributed by atoms with Gasteiger partial charge in [-0.25, -0.2) is 0 Å². The topological polar surface area (TPSA) is 83.2 Å². The van der Waals surface area contributed by atoms with Gasteiger partial charge in [-0.15, -0.1) is 0 Å². The lowest BCUT2D eigenvalue weighted by Crippen LogP contribution is -2.41. The van der Waals surface area contributed by atoms with Crippen LogP contribution in [0.25, 0.3) is 10.9 Å². The third-order valence-corrected chi connectivity index (χ3v) is 3.99. The molecule has 0 bridgehead atoms. The van der Waals surface area contributed by atoms with E-state index in [9.17, 15) is 9.59 Å². The number of hydrogen-bond donors (Lipinski definition) is 3. The summed E-state index contributed by atoms with van der Waals surface area (Å²) in [6.45, 7) is 2.05. The quantitative estimate of drug-likeness (QED) is 0.640. The van der Waals surface area contributed by atoms with Crippen LogP contribution in [-0.2, 0) is 6.42 Å². The van der Waals surface area contributed by atoms with E-state index >= 15 is 0 Å². The highest BCUT2D eigenvalue weighted by Crippen LogP contribution is 2.21. The third kappa shape index (κ3) is 3.63. The Bertz CT molecular complexity index is 913. The molecule has 1 heterocycles. The fourth-order valence-electron chi connectivity index (χ4n) is 2.50. The van der Waals surface area contributed by atoms with Crippen LogP contribution in [0.5, 0.6) is 5.75 Å². The van der Waals surface area contributed by atoms with Crippen molar-refractivity contribution in [3.63, 3.8) is 0 Å². The summed E-state index contributed by atoms with van der Waals surface area (Å²) in [5, 5.41) is 0.882. The van der Waals surface area contributed by atoms with Gasteiger partial charge in [0, 0.05) is 22.5 Å². The molecule has 2 amide bonds. The maximum absolute atomic E-state index is 12.2. The number of rotatable bonds is 4. The molecule has 0 spiro atoms. The first-order valence-corrected chi connectivity index (χ1v) is 7.97. The predicted octanol–water partition coefficient (Wildman–Crippen LogP) is 2.81. The molecule has 2 aromatic carbocycles. The van der Waals surface area contributed by atoms with Gasteiger partial charge in [-0.1, -0.05) is 19.1 Å². The monoisotopic (exact) mass is 337 g/mol. The average Bonchev–Trinajstić information content (AvgIpc) is 3.09. The molecule has 0 saturated carbocycles. The first kappa shape index (κ1) is 16.6. The zero-order valence-corrected chi connectivity index (χ0v) is 14.1. The average molecular weight is 337 g/mol. The van der Waals surface area contributed by atoms with E-state index < -0.39 is 5.91 Å². The fourth-order valence-corrected chi connectivity index (χ4v) is 2.50. The molecule has 6 nitrogen and oxygen atoms in total. The van der Waals surface area contributed by atoms with Crippen molar-refractivity contribution in [2.24, 2.45) is 0 Å². The van der Waals surface area contributed by atoms with Crippen LogP contribution in [0.2, 0.25) is 0 Å². The van der Waals surface area contributed by atoms with Crippen LogP contribution in [0, 0.1) is 0 Å². The van der Waals surface area contributed by atoms with Gasteiger partial charge in [0.2, 0.25) is 0 Å². The largest absolute Gasteiger partial charge is 0.497 e. The number of fused-ring (bicyclic) bond motifs is 1. The smallest absolute Gasteiger partial charge is 0.286 e. The van der Waals surface area contributed by atoms with E-state index in [2.05, 4.69) is 15.8 Å². The lowest BCUT2D eigenvalue weighted by Gasteiger charge is -2.07. The number of amides is 2. The van der Waals surface area contributed by atoms with Crippen LogP contribution in [0.3, 0.4) is 0 Å².